The molecule has 0 spiro atoms. The molecule has 0 fully saturated rings. The molecule has 2 amide bonds. The van der Waals surface area contributed by atoms with Gasteiger partial charge in [-0.25, -0.2) is 4.90 Å². The Kier molecular flexibility index (Phi) is 5.57. The number of benzene rings is 3. The van der Waals surface area contributed by atoms with E-state index in [0.717, 1.165) is 4.90 Å². The summed E-state index contributed by atoms with van der Waals surface area (Å²) in [5, 5.41) is 11.9. The summed E-state index contributed by atoms with van der Waals surface area (Å²) in [4.78, 5) is 39.4. The molecule has 1 aliphatic heterocycles. The summed E-state index contributed by atoms with van der Waals surface area (Å²) in [6.07, 6.45) is -0.152. The third-order valence-electron chi connectivity index (χ3n) is 5.18. The molecule has 0 unspecified atom stereocenters. The Morgan fingerprint density at radius 1 is 0.969 bits per heavy atom. The van der Waals surface area contributed by atoms with Gasteiger partial charge in [0.05, 0.1) is 35.9 Å². The number of imide groups is 1. The van der Waals surface area contributed by atoms with Crippen LogP contribution in [0.5, 0.6) is 11.5 Å². The van der Waals surface area contributed by atoms with Crippen molar-refractivity contribution in [2.75, 3.05) is 11.5 Å². The van der Waals surface area contributed by atoms with Crippen LogP contribution >= 0.6 is 0 Å². The number of nitrogens with zero attached hydrogens (tertiary/aromatic N) is 1. The standard InChI is InChI=1S/C25H23NO6/c1-4-31-19(27)13-15-9-11-16(12-10-15)26-24(29)20-21(25(26)30)23(32-14(2)3)18-8-6-5-7-17(18)22(20)28/h5-12,14,28H,4,13H2,1-3H3. The van der Waals surface area contributed by atoms with Crippen molar-refractivity contribution < 1.29 is 29.0 Å². The van der Waals surface area contributed by atoms with E-state index in [9.17, 15) is 19.5 Å². The van der Waals surface area contributed by atoms with E-state index in [1.54, 1.807) is 55.5 Å². The number of carbonyl (C=O) groups is 3. The third-order valence-corrected chi connectivity index (χ3v) is 5.18. The first-order chi connectivity index (χ1) is 15.3. The quantitative estimate of drug-likeness (QED) is 0.462. The van der Waals surface area contributed by atoms with Crippen LogP contribution in [0.2, 0.25) is 0 Å². The molecular formula is C25H23NO6. The summed E-state index contributed by atoms with van der Waals surface area (Å²) < 4.78 is 10.9. The van der Waals surface area contributed by atoms with Crippen LogP contribution in [0.4, 0.5) is 5.69 Å². The first-order valence-electron chi connectivity index (χ1n) is 10.4. The van der Waals surface area contributed by atoms with E-state index < -0.39 is 11.8 Å². The average Bonchev–Trinajstić information content (AvgIpc) is 3.02. The average molecular weight is 433 g/mol. The maximum absolute atomic E-state index is 13.4. The molecule has 0 saturated heterocycles. The summed E-state index contributed by atoms with van der Waals surface area (Å²) in [6.45, 7) is 5.69. The number of rotatable bonds is 6. The van der Waals surface area contributed by atoms with Crippen LogP contribution in [-0.4, -0.2) is 35.6 Å². The molecule has 0 saturated carbocycles. The first kappa shape index (κ1) is 21.4. The van der Waals surface area contributed by atoms with E-state index in [1.807, 2.05) is 13.8 Å². The Bertz CT molecular complexity index is 1230. The molecule has 164 valence electrons. The lowest BCUT2D eigenvalue weighted by Crippen LogP contribution is -2.29. The molecule has 32 heavy (non-hydrogen) atoms. The second kappa shape index (κ2) is 8.34. The topological polar surface area (TPSA) is 93.1 Å². The van der Waals surface area contributed by atoms with Gasteiger partial charge in [0.25, 0.3) is 11.8 Å². The lowest BCUT2D eigenvalue weighted by molar-refractivity contribution is -0.142. The van der Waals surface area contributed by atoms with Crippen LogP contribution in [-0.2, 0) is 16.0 Å². The van der Waals surface area contributed by atoms with Crippen molar-refractivity contribution in [3.8, 4) is 11.5 Å². The van der Waals surface area contributed by atoms with E-state index in [-0.39, 0.29) is 41.1 Å². The number of hydrogen-bond donors (Lipinski definition) is 1. The van der Waals surface area contributed by atoms with Gasteiger partial charge in [-0.1, -0.05) is 36.4 Å². The number of ether oxygens (including phenoxy) is 2. The van der Waals surface area contributed by atoms with Gasteiger partial charge in [0.2, 0.25) is 0 Å². The van der Waals surface area contributed by atoms with Crippen LogP contribution in [0, 0.1) is 0 Å². The van der Waals surface area contributed by atoms with Crippen molar-refractivity contribution in [1.29, 1.82) is 0 Å². The summed E-state index contributed by atoms with van der Waals surface area (Å²) in [7, 11) is 0. The Hall–Kier alpha value is -3.87. The summed E-state index contributed by atoms with van der Waals surface area (Å²) in [5.41, 5.74) is 1.01. The van der Waals surface area contributed by atoms with Crippen molar-refractivity contribution in [1.82, 2.24) is 0 Å². The highest BCUT2D eigenvalue weighted by Gasteiger charge is 2.43. The normalized spacial score (nSPS) is 13.1. The molecule has 0 aliphatic carbocycles. The smallest absolute Gasteiger partial charge is 0.310 e. The van der Waals surface area contributed by atoms with E-state index in [4.69, 9.17) is 9.47 Å². The Morgan fingerprint density at radius 3 is 2.22 bits per heavy atom. The number of hydrogen-bond acceptors (Lipinski definition) is 6. The molecule has 7 nitrogen and oxygen atoms in total. The zero-order valence-electron chi connectivity index (χ0n) is 18.0. The van der Waals surface area contributed by atoms with E-state index in [2.05, 4.69) is 0 Å². The molecule has 0 bridgehead atoms. The zero-order chi connectivity index (χ0) is 23.0. The second-order valence-electron chi connectivity index (χ2n) is 7.73. The fraction of sp³-hybridized carbons (Fsp3) is 0.240. The van der Waals surface area contributed by atoms with Gasteiger partial charge in [-0.2, -0.15) is 0 Å². The number of anilines is 1. The Labute approximate surface area is 185 Å². The molecule has 1 heterocycles. The van der Waals surface area contributed by atoms with Gasteiger partial charge in [-0.15, -0.1) is 0 Å². The molecule has 0 aromatic heterocycles. The van der Waals surface area contributed by atoms with Crippen molar-refractivity contribution in [2.24, 2.45) is 0 Å². The zero-order valence-corrected chi connectivity index (χ0v) is 18.0. The SMILES string of the molecule is CCOC(=O)Cc1ccc(N2C(=O)c3c(c(OC(C)C)c4ccccc4c3O)C2=O)cc1. The Balaban J connectivity index is 1.78. The van der Waals surface area contributed by atoms with Crippen molar-refractivity contribution >= 4 is 34.2 Å². The predicted molar refractivity (Wildman–Crippen MR) is 119 cm³/mol. The number of carbonyl (C=O) groups excluding carboxylic acids is 3. The molecule has 3 aromatic carbocycles. The highest BCUT2D eigenvalue weighted by molar-refractivity contribution is 6.38. The van der Waals surface area contributed by atoms with Gasteiger partial charge in [0.15, 0.2) is 0 Å². The van der Waals surface area contributed by atoms with Gasteiger partial charge in [-0.05, 0) is 38.5 Å². The second-order valence-corrected chi connectivity index (χ2v) is 7.73. The molecule has 0 atom stereocenters. The lowest BCUT2D eigenvalue weighted by Gasteiger charge is -2.17. The van der Waals surface area contributed by atoms with Gasteiger partial charge in [-0.3, -0.25) is 14.4 Å². The van der Waals surface area contributed by atoms with Crippen molar-refractivity contribution in [2.45, 2.75) is 33.3 Å². The first-order valence-corrected chi connectivity index (χ1v) is 10.4. The summed E-state index contributed by atoms with van der Waals surface area (Å²) in [6, 6.07) is 13.5. The monoisotopic (exact) mass is 433 g/mol. The minimum atomic E-state index is -0.625. The van der Waals surface area contributed by atoms with Crippen LogP contribution in [0.15, 0.2) is 48.5 Å². The van der Waals surface area contributed by atoms with E-state index in [1.165, 1.54) is 0 Å². The number of aromatic hydroxyl groups is 1. The highest BCUT2D eigenvalue weighted by Crippen LogP contribution is 2.45. The number of phenolic OH excluding ortho intramolecular Hbond substituents is 1. The molecule has 4 rings (SSSR count). The summed E-state index contributed by atoms with van der Waals surface area (Å²) in [5.74, 6) is -1.51. The maximum atomic E-state index is 13.4. The van der Waals surface area contributed by atoms with Gasteiger partial charge >= 0.3 is 5.97 Å². The largest absolute Gasteiger partial charge is 0.506 e. The molecular weight excluding hydrogens is 410 g/mol. The van der Waals surface area contributed by atoms with Crippen molar-refractivity contribution in [3.05, 3.63) is 65.2 Å². The Morgan fingerprint density at radius 2 is 1.59 bits per heavy atom. The van der Waals surface area contributed by atoms with Crippen LogP contribution in [0.25, 0.3) is 10.8 Å². The number of amides is 2. The molecule has 1 N–H and O–H groups in total. The molecule has 7 heteroatoms. The fourth-order valence-electron chi connectivity index (χ4n) is 3.85. The molecule has 0 radical (unpaired) electrons. The van der Waals surface area contributed by atoms with Crippen LogP contribution in [0.3, 0.4) is 0 Å². The number of phenols is 1. The van der Waals surface area contributed by atoms with Crippen molar-refractivity contribution in [3.63, 3.8) is 0 Å². The molecule has 1 aliphatic rings. The van der Waals surface area contributed by atoms with Crippen LogP contribution in [0.1, 0.15) is 47.1 Å². The fourth-order valence-corrected chi connectivity index (χ4v) is 3.85. The molecule has 3 aromatic rings. The maximum Gasteiger partial charge on any atom is 0.310 e. The highest BCUT2D eigenvalue weighted by atomic mass is 16.5. The minimum Gasteiger partial charge on any atom is -0.506 e. The van der Waals surface area contributed by atoms with Gasteiger partial charge in [0, 0.05) is 10.8 Å². The minimum absolute atomic E-state index is 0.0514. The predicted octanol–water partition coefficient (Wildman–Crippen LogP) is 4.24. The summed E-state index contributed by atoms with van der Waals surface area (Å²) >= 11 is 0. The van der Waals surface area contributed by atoms with Gasteiger partial charge in [0.1, 0.15) is 11.5 Å². The van der Waals surface area contributed by atoms with Gasteiger partial charge < -0.3 is 14.6 Å². The lowest BCUT2D eigenvalue weighted by atomic mass is 9.99. The van der Waals surface area contributed by atoms with Crippen LogP contribution < -0.4 is 9.64 Å². The van der Waals surface area contributed by atoms with E-state index in [0.29, 0.717) is 28.6 Å². The van der Waals surface area contributed by atoms with E-state index >= 15 is 0 Å². The number of fused-ring (bicyclic) bond motifs is 2. The number of esters is 1. The third kappa shape index (κ3) is 3.56.